The molecule has 4 N–H and O–H groups in total. The van der Waals surface area contributed by atoms with Gasteiger partial charge < -0.3 is 54.3 Å². The summed E-state index contributed by atoms with van der Waals surface area (Å²) >= 11 is 0. The number of aryl methyl sites for hydroxylation is 2. The van der Waals surface area contributed by atoms with Crippen LogP contribution in [0.4, 0.5) is 26.7 Å². The second-order valence-electron chi connectivity index (χ2n) is 13.2. The molecule has 0 radical (unpaired) electrons. The van der Waals surface area contributed by atoms with Crippen molar-refractivity contribution < 1.29 is 43.0 Å². The largest absolute Gasteiger partial charge is 0.490 e. The van der Waals surface area contributed by atoms with E-state index in [1.54, 1.807) is 74.0 Å². The molecule has 0 saturated heterocycles. The summed E-state index contributed by atoms with van der Waals surface area (Å²) in [5.74, 6) is 1.38. The van der Waals surface area contributed by atoms with E-state index in [9.17, 15) is 19.5 Å². The zero-order valence-corrected chi connectivity index (χ0v) is 30.0. The van der Waals surface area contributed by atoms with Crippen LogP contribution in [0.5, 0.6) is 17.2 Å². The van der Waals surface area contributed by atoms with Gasteiger partial charge in [-0.15, -0.1) is 0 Å². The number of hydrogen-bond donors (Lipinski definition) is 4. The number of benzene rings is 2. The number of amides is 5. The van der Waals surface area contributed by atoms with Crippen molar-refractivity contribution in [3.8, 4) is 17.2 Å². The van der Waals surface area contributed by atoms with E-state index in [2.05, 4.69) is 21.1 Å². The molecule has 2 aromatic carbocycles. The number of nitrogens with zero attached hydrogens (tertiary/aromatic N) is 3. The fourth-order valence-corrected chi connectivity index (χ4v) is 5.95. The van der Waals surface area contributed by atoms with Crippen molar-refractivity contribution in [3.63, 3.8) is 0 Å². The van der Waals surface area contributed by atoms with Crippen LogP contribution in [0, 0.1) is 19.8 Å². The molecular weight excluding hydrogens is 660 g/mol. The number of aromatic nitrogens is 1. The first-order valence-corrected chi connectivity index (χ1v) is 17.2. The van der Waals surface area contributed by atoms with Gasteiger partial charge in [-0.25, -0.2) is 9.59 Å². The van der Waals surface area contributed by atoms with Gasteiger partial charge in [0.05, 0.1) is 30.4 Å². The van der Waals surface area contributed by atoms with Crippen molar-refractivity contribution in [1.82, 2.24) is 15.0 Å². The predicted octanol–water partition coefficient (Wildman–Crippen LogP) is 5.62. The summed E-state index contributed by atoms with van der Waals surface area (Å²) in [4.78, 5) is 43.7. The van der Waals surface area contributed by atoms with Crippen LogP contribution in [0.1, 0.15) is 61.8 Å². The first-order chi connectivity index (χ1) is 24.4. The number of ether oxygens (including phenoxy) is 4. The highest BCUT2D eigenvalue weighted by Crippen LogP contribution is 2.34. The van der Waals surface area contributed by atoms with E-state index < -0.39 is 18.2 Å². The molecular formula is C36H48N6O9. The van der Waals surface area contributed by atoms with Crippen molar-refractivity contribution in [2.45, 2.75) is 72.1 Å². The van der Waals surface area contributed by atoms with Gasteiger partial charge in [0.1, 0.15) is 17.1 Å². The quantitative estimate of drug-likeness (QED) is 0.241. The highest BCUT2D eigenvalue weighted by molar-refractivity contribution is 6.03. The molecule has 276 valence electrons. The Bertz CT molecular complexity index is 1680. The van der Waals surface area contributed by atoms with E-state index in [1.807, 2.05) is 13.8 Å². The number of aliphatic hydroxyl groups is 1. The van der Waals surface area contributed by atoms with Gasteiger partial charge in [-0.2, -0.15) is 0 Å². The number of carbonyl (C=O) groups is 3. The molecule has 15 heteroatoms. The Morgan fingerprint density at radius 2 is 1.75 bits per heavy atom. The van der Waals surface area contributed by atoms with E-state index in [4.69, 9.17) is 23.5 Å². The van der Waals surface area contributed by atoms with Crippen LogP contribution >= 0.6 is 0 Å². The highest BCUT2D eigenvalue weighted by Gasteiger charge is 2.31. The Morgan fingerprint density at radius 1 is 1.02 bits per heavy atom. The van der Waals surface area contributed by atoms with E-state index in [-0.39, 0.29) is 56.0 Å². The maximum absolute atomic E-state index is 14.4. The summed E-state index contributed by atoms with van der Waals surface area (Å²) in [6.45, 7) is 9.84. The molecule has 2 aliphatic heterocycles. The average molecular weight is 709 g/mol. The van der Waals surface area contributed by atoms with Crippen molar-refractivity contribution >= 4 is 35.0 Å². The fraction of sp³-hybridized carbons (Fsp3) is 0.500. The van der Waals surface area contributed by atoms with Gasteiger partial charge in [0.2, 0.25) is 6.79 Å². The summed E-state index contributed by atoms with van der Waals surface area (Å²) in [7, 11) is 1.69. The summed E-state index contributed by atoms with van der Waals surface area (Å²) in [5.41, 5.74) is 2.16. The molecule has 0 fully saturated rings. The molecule has 3 heterocycles. The minimum atomic E-state index is -0.565. The van der Waals surface area contributed by atoms with Gasteiger partial charge >= 0.3 is 12.1 Å². The van der Waals surface area contributed by atoms with Gasteiger partial charge in [0, 0.05) is 50.1 Å². The number of urea groups is 2. The maximum Gasteiger partial charge on any atom is 0.323 e. The maximum atomic E-state index is 14.4. The third-order valence-corrected chi connectivity index (χ3v) is 9.01. The molecule has 51 heavy (non-hydrogen) atoms. The topological polar surface area (TPSA) is 177 Å². The van der Waals surface area contributed by atoms with Gasteiger partial charge in [-0.1, -0.05) is 12.1 Å². The second kappa shape index (κ2) is 16.8. The molecule has 5 amide bonds. The van der Waals surface area contributed by atoms with Crippen LogP contribution in [0.15, 0.2) is 40.9 Å². The van der Waals surface area contributed by atoms with E-state index >= 15 is 0 Å². The number of hydrogen-bond acceptors (Lipinski definition) is 10. The number of likely N-dealkylation sites (N-methyl/N-ethyl adjacent to an activating group) is 1. The lowest BCUT2D eigenvalue weighted by Crippen LogP contribution is -2.48. The predicted molar refractivity (Wildman–Crippen MR) is 190 cm³/mol. The molecule has 0 spiro atoms. The Hall–Kier alpha value is -5.02. The third kappa shape index (κ3) is 9.41. The molecule has 3 aromatic rings. The first kappa shape index (κ1) is 37.2. The molecule has 0 bridgehead atoms. The van der Waals surface area contributed by atoms with Crippen LogP contribution in [-0.4, -0.2) is 96.4 Å². The lowest BCUT2D eigenvalue weighted by atomic mass is 10.0. The van der Waals surface area contributed by atoms with Crippen molar-refractivity contribution in [2.75, 3.05) is 56.1 Å². The van der Waals surface area contributed by atoms with E-state index in [1.165, 1.54) is 0 Å². The number of anilines is 3. The van der Waals surface area contributed by atoms with Crippen molar-refractivity contribution in [2.24, 2.45) is 5.92 Å². The minimum absolute atomic E-state index is 0.134. The zero-order chi connectivity index (χ0) is 36.7. The summed E-state index contributed by atoms with van der Waals surface area (Å²) in [6, 6.07) is 8.69. The fourth-order valence-electron chi connectivity index (χ4n) is 5.95. The normalized spacial score (nSPS) is 20.0. The van der Waals surface area contributed by atoms with Crippen molar-refractivity contribution in [1.29, 1.82) is 0 Å². The number of nitrogens with one attached hydrogen (secondary N) is 3. The van der Waals surface area contributed by atoms with Gasteiger partial charge in [-0.3, -0.25) is 4.79 Å². The molecule has 0 unspecified atom stereocenters. The summed E-state index contributed by atoms with van der Waals surface area (Å²) < 4.78 is 28.6. The highest BCUT2D eigenvalue weighted by atomic mass is 16.7. The second-order valence-corrected chi connectivity index (χ2v) is 13.2. The number of fused-ring (bicyclic) bond motifs is 2. The van der Waals surface area contributed by atoms with Crippen LogP contribution in [-0.2, 0) is 4.74 Å². The average Bonchev–Trinajstić information content (AvgIpc) is 3.70. The van der Waals surface area contributed by atoms with Crippen LogP contribution in [0.25, 0.3) is 0 Å². The van der Waals surface area contributed by atoms with Gasteiger partial charge in [0.25, 0.3) is 5.91 Å². The Balaban J connectivity index is 1.35. The smallest absolute Gasteiger partial charge is 0.323 e. The Labute approximate surface area is 297 Å². The molecule has 4 atom stereocenters. The minimum Gasteiger partial charge on any atom is -0.490 e. The standard InChI is InChI=1S/C36H48N6O9/c1-21-17-42(22(2)19-43)34(44)28-15-26(37-35(45)39-33-24(4)40-51-25(33)5)10-12-29(28)50-23(3)9-7-8-14-47-32(21)18-41(6)36(46)38-27-11-13-30-31(16-27)49-20-48-30/h10-13,15-16,21-23,32,43H,7-9,14,17-20H2,1-6H3,(H,38,46)(H2,37,39,45)/t21-,22+,23+,32+/m1/s1. The number of aliphatic hydroxyl groups excluding tert-OH is 1. The Morgan fingerprint density at radius 3 is 2.47 bits per heavy atom. The Kier molecular flexibility index (Phi) is 12.3. The van der Waals surface area contributed by atoms with E-state index in [0.717, 1.165) is 12.8 Å². The summed E-state index contributed by atoms with van der Waals surface area (Å²) in [5, 5.41) is 22.6. The molecule has 15 nitrogen and oxygen atoms in total. The zero-order valence-electron chi connectivity index (χ0n) is 30.0. The molecule has 0 saturated carbocycles. The first-order valence-electron chi connectivity index (χ1n) is 17.2. The monoisotopic (exact) mass is 708 g/mol. The van der Waals surface area contributed by atoms with Crippen molar-refractivity contribution in [3.05, 3.63) is 53.4 Å². The summed E-state index contributed by atoms with van der Waals surface area (Å²) in [6.07, 6.45) is 1.66. The molecule has 0 aliphatic carbocycles. The van der Waals surface area contributed by atoms with E-state index in [0.29, 0.717) is 58.8 Å². The third-order valence-electron chi connectivity index (χ3n) is 9.01. The van der Waals surface area contributed by atoms with Gasteiger partial charge in [-0.05, 0) is 77.3 Å². The molecule has 2 aliphatic rings. The lowest BCUT2D eigenvalue weighted by molar-refractivity contribution is -0.0115. The van der Waals surface area contributed by atoms with Crippen LogP contribution in [0.3, 0.4) is 0 Å². The number of carbonyl (C=O) groups excluding carboxylic acids is 3. The lowest BCUT2D eigenvalue weighted by Gasteiger charge is -2.35. The van der Waals surface area contributed by atoms with Crippen LogP contribution < -0.4 is 30.2 Å². The van der Waals surface area contributed by atoms with Gasteiger partial charge in [0.15, 0.2) is 17.3 Å². The van der Waals surface area contributed by atoms with Crippen LogP contribution in [0.2, 0.25) is 0 Å². The molecule has 1 aromatic heterocycles. The molecule has 5 rings (SSSR count). The number of rotatable bonds is 7. The SMILES string of the molecule is Cc1noc(C)c1NC(=O)Nc1ccc2c(c1)C(=O)N([C@@H](C)CO)C[C@@H](C)[C@H](CN(C)C(=O)Nc1ccc3c(c1)OCO3)OCCCC[C@H](C)O2.